The van der Waals surface area contributed by atoms with Crippen molar-refractivity contribution in [2.75, 3.05) is 37.7 Å². The van der Waals surface area contributed by atoms with Crippen LogP contribution in [0.15, 0.2) is 109 Å². The molecule has 16 N–H and O–H groups in total. The molecule has 100 heavy (non-hydrogen) atoms. The first-order valence-corrected chi connectivity index (χ1v) is 35.6. The van der Waals surface area contributed by atoms with E-state index in [4.69, 9.17) is 5.73 Å². The minimum atomic E-state index is -1.70. The summed E-state index contributed by atoms with van der Waals surface area (Å²) in [6.45, 7) is 7.51. The Hall–Kier alpha value is -8.96. The van der Waals surface area contributed by atoms with E-state index in [1.54, 1.807) is 49.5 Å². The minimum Gasteiger partial charge on any atom is -0.508 e. The molecule has 12 atom stereocenters. The standard InChI is InChI=1S/C72H95N13O13S2/c1-4-29-85-38-44(30-50-49-18-13-21-53-63(49)46(37-75-53)34-60(50)85)35-76-61(88)22-14-23-62(89)77-55(31-42-15-7-6-8-16-42)67(92)83-58(39-99)70(95)80-56(32-43-24-26-47(87)27-25-43)68(93)81-57(33-45-36-74-52-19-10-9-17-48(45)52)69(94)79-54(20-11-12-28-73)66(91)78-51(5-2)65(90)82-59(40-100)71(96)84-64(41(3)86)72(97)98/h6-10,13,15-19,21,24-27,36-37,41,44,50-51,54-60,64,74-75,86-87,99-100H,4-5,11-12,14,20,22-23,28-35,38-40,73H2,1-3H3,(H,76,88)(H,77,89)(H,78,91)(H,79,94)(H,80,95)(H,81,93)(H,82,90)(H,83,92)(H,84,96)(H,97,98)/t41-,44+,50?,51+,54+,55-,56+,57-,58+,59+,60?,64+/m1/s1. The minimum absolute atomic E-state index is 0.0118. The largest absolute Gasteiger partial charge is 0.508 e. The van der Waals surface area contributed by atoms with Crippen molar-refractivity contribution in [2.45, 2.75) is 171 Å². The number of amides is 9. The number of nitrogens with one attached hydrogen (secondary N) is 11. The number of H-pyrrole nitrogens is 2. The van der Waals surface area contributed by atoms with E-state index in [-0.39, 0.29) is 87.0 Å². The van der Waals surface area contributed by atoms with Crippen LogP contribution in [-0.4, -0.2) is 187 Å². The Bertz CT molecular complexity index is 3800. The molecule has 3 heterocycles. The number of aliphatic hydroxyl groups is 1. The van der Waals surface area contributed by atoms with Crippen LogP contribution in [-0.2, 0) is 73.6 Å². The van der Waals surface area contributed by atoms with E-state index in [0.717, 1.165) is 37.9 Å². The van der Waals surface area contributed by atoms with Gasteiger partial charge in [0.1, 0.15) is 48.0 Å². The number of aliphatic carboxylic acids is 1. The fraction of sp³-hybridized carbons (Fsp3) is 0.472. The van der Waals surface area contributed by atoms with Crippen molar-refractivity contribution in [1.29, 1.82) is 0 Å². The number of fused-ring (bicyclic) bond motifs is 3. The summed E-state index contributed by atoms with van der Waals surface area (Å²) >= 11 is 8.61. The Kier molecular flexibility index (Phi) is 28.8. The Morgan fingerprint density at radius 3 is 1.79 bits per heavy atom. The molecule has 8 rings (SSSR count). The third-order valence-corrected chi connectivity index (χ3v) is 19.3. The second-order valence-corrected chi connectivity index (χ2v) is 26.7. The van der Waals surface area contributed by atoms with Crippen molar-refractivity contribution in [2.24, 2.45) is 11.7 Å². The van der Waals surface area contributed by atoms with Crippen LogP contribution in [0.4, 0.5) is 0 Å². The number of nitrogens with zero attached hydrogens (tertiary/aromatic N) is 1. The SMILES string of the molecule is CCCN1C[C@H](CNC(=O)CCCC(=O)N[C@H](Cc2ccccc2)C(=O)N[C@@H](CS)C(=O)N[C@@H](Cc2ccc(O)cc2)C(=O)N[C@H](Cc2c[nH]c3ccccc23)C(=O)N[C@@H](CCCCN)C(=O)N[C@@H](CC)C(=O)N[C@@H](CS)C(=O)N[C@H](C(=O)O)[C@@H](C)O)CC2c3cccc4[nH]cc(c34)CC21. The van der Waals surface area contributed by atoms with Crippen molar-refractivity contribution in [3.8, 4) is 5.75 Å². The number of likely N-dealkylation sites (tertiary alicyclic amines) is 1. The lowest BCUT2D eigenvalue weighted by molar-refractivity contribution is -0.145. The lowest BCUT2D eigenvalue weighted by Crippen LogP contribution is -2.61. The van der Waals surface area contributed by atoms with Crippen molar-refractivity contribution >= 4 is 106 Å². The third-order valence-electron chi connectivity index (χ3n) is 18.5. The fourth-order valence-electron chi connectivity index (χ4n) is 13.3. The van der Waals surface area contributed by atoms with Gasteiger partial charge in [0.25, 0.3) is 0 Å². The number of piperidine rings is 1. The summed E-state index contributed by atoms with van der Waals surface area (Å²) in [6, 6.07) is 17.6. The third kappa shape index (κ3) is 21.1. The zero-order valence-electron chi connectivity index (χ0n) is 56.6. The first-order valence-electron chi connectivity index (χ1n) is 34.3. The number of phenols is 1. The molecule has 538 valence electrons. The van der Waals surface area contributed by atoms with Gasteiger partial charge in [-0.1, -0.05) is 86.6 Å². The number of rotatable bonds is 38. The number of unbranched alkanes of at least 4 members (excludes halogenated alkanes) is 1. The molecule has 0 bridgehead atoms. The Labute approximate surface area is 592 Å². The van der Waals surface area contributed by atoms with E-state index in [1.807, 2.05) is 18.2 Å². The summed E-state index contributed by atoms with van der Waals surface area (Å²) in [6.07, 6.45) is 5.87. The Morgan fingerprint density at radius 2 is 1.15 bits per heavy atom. The summed E-state index contributed by atoms with van der Waals surface area (Å²) in [5.41, 5.74) is 12.2. The maximum atomic E-state index is 15.0. The van der Waals surface area contributed by atoms with Crippen molar-refractivity contribution in [3.63, 3.8) is 0 Å². The molecular weight excluding hydrogens is 1320 g/mol. The first-order chi connectivity index (χ1) is 48.1. The van der Waals surface area contributed by atoms with E-state index < -0.39 is 108 Å². The van der Waals surface area contributed by atoms with E-state index >= 15 is 4.79 Å². The molecule has 1 aliphatic carbocycles. The number of carboxylic acids is 1. The molecule has 0 radical (unpaired) electrons. The predicted octanol–water partition coefficient (Wildman–Crippen LogP) is 2.85. The number of aromatic hydroxyl groups is 1. The highest BCUT2D eigenvalue weighted by Gasteiger charge is 2.41. The quantitative estimate of drug-likeness (QED) is 0.0196. The smallest absolute Gasteiger partial charge is 0.328 e. The van der Waals surface area contributed by atoms with Crippen LogP contribution in [0.3, 0.4) is 0 Å². The number of aromatic nitrogens is 2. The number of benzene rings is 4. The molecule has 9 amide bonds. The molecule has 0 saturated carbocycles. The van der Waals surface area contributed by atoms with Crippen LogP contribution in [0.2, 0.25) is 0 Å². The highest BCUT2D eigenvalue weighted by molar-refractivity contribution is 7.80. The number of thiol groups is 2. The topological polar surface area (TPSA) is 400 Å². The number of hydrogen-bond donors (Lipinski definition) is 17. The number of nitrogens with two attached hydrogens (primary N) is 1. The van der Waals surface area contributed by atoms with Gasteiger partial charge in [-0.05, 0) is 129 Å². The highest BCUT2D eigenvalue weighted by atomic mass is 32.1. The lowest BCUT2D eigenvalue weighted by atomic mass is 9.72. The number of carboxylic acid groups (broad SMARTS) is 1. The van der Waals surface area contributed by atoms with Crippen molar-refractivity contribution in [3.05, 3.63) is 137 Å². The number of carbonyl (C=O) groups excluding carboxylic acids is 9. The summed E-state index contributed by atoms with van der Waals surface area (Å²) in [5, 5.41) is 56.0. The van der Waals surface area contributed by atoms with Gasteiger partial charge in [0.05, 0.1) is 6.10 Å². The number of carbonyl (C=O) groups is 10. The van der Waals surface area contributed by atoms with Gasteiger partial charge in [-0.2, -0.15) is 25.3 Å². The Balaban J connectivity index is 0.937. The molecule has 6 aromatic rings. The van der Waals surface area contributed by atoms with E-state index in [0.29, 0.717) is 58.9 Å². The molecule has 2 unspecified atom stereocenters. The molecule has 0 spiro atoms. The highest BCUT2D eigenvalue weighted by Crippen LogP contribution is 2.45. The number of para-hydroxylation sites is 1. The lowest BCUT2D eigenvalue weighted by Gasteiger charge is -2.47. The predicted molar refractivity (Wildman–Crippen MR) is 385 cm³/mol. The van der Waals surface area contributed by atoms with Gasteiger partial charge >= 0.3 is 5.97 Å². The normalized spacial score (nSPS) is 17.6. The summed E-state index contributed by atoms with van der Waals surface area (Å²) < 4.78 is 0. The van der Waals surface area contributed by atoms with Crippen LogP contribution in [0, 0.1) is 5.92 Å². The van der Waals surface area contributed by atoms with Crippen LogP contribution in [0.5, 0.6) is 5.75 Å². The average Bonchev–Trinajstić information content (AvgIpc) is 1.48. The van der Waals surface area contributed by atoms with Crippen LogP contribution in [0.1, 0.15) is 112 Å². The molecule has 1 saturated heterocycles. The molecule has 2 aromatic heterocycles. The molecular formula is C72H95N13O13S2. The molecule has 4 aromatic carbocycles. The van der Waals surface area contributed by atoms with Gasteiger partial charge in [0, 0.05) is 103 Å². The second-order valence-electron chi connectivity index (χ2n) is 25.9. The molecule has 1 fully saturated rings. The van der Waals surface area contributed by atoms with Crippen LogP contribution >= 0.6 is 25.3 Å². The van der Waals surface area contributed by atoms with Crippen molar-refractivity contribution < 1.29 is 63.3 Å². The molecule has 26 nitrogen and oxygen atoms in total. The summed E-state index contributed by atoms with van der Waals surface area (Å²) in [7, 11) is 0. The summed E-state index contributed by atoms with van der Waals surface area (Å²) in [4.78, 5) is 148. The van der Waals surface area contributed by atoms with E-state index in [2.05, 4.69) is 119 Å². The van der Waals surface area contributed by atoms with Gasteiger partial charge in [-0.15, -0.1) is 0 Å². The summed E-state index contributed by atoms with van der Waals surface area (Å²) in [5.74, 6) is -8.20. The fourth-order valence-corrected chi connectivity index (χ4v) is 13.8. The van der Waals surface area contributed by atoms with E-state index in [1.165, 1.54) is 47.7 Å². The first kappa shape index (κ1) is 76.8. The van der Waals surface area contributed by atoms with Crippen molar-refractivity contribution in [1.82, 2.24) is 62.7 Å². The number of phenolic OH excluding ortho intramolecular Hbond substituents is 1. The molecule has 1 aliphatic heterocycles. The van der Waals surface area contributed by atoms with Gasteiger partial charge in [-0.3, -0.25) is 48.1 Å². The van der Waals surface area contributed by atoms with Crippen LogP contribution < -0.4 is 53.6 Å². The Morgan fingerprint density at radius 1 is 0.600 bits per heavy atom. The van der Waals surface area contributed by atoms with Gasteiger partial charge in [-0.25, -0.2) is 4.79 Å². The number of aromatic amines is 2. The number of hydrogen-bond acceptors (Lipinski definition) is 16. The monoisotopic (exact) mass is 1410 g/mol. The zero-order chi connectivity index (χ0) is 72.0. The zero-order valence-corrected chi connectivity index (χ0v) is 58.4. The van der Waals surface area contributed by atoms with Gasteiger partial charge in [0.2, 0.25) is 53.2 Å². The van der Waals surface area contributed by atoms with Crippen LogP contribution in [0.25, 0.3) is 21.8 Å². The number of aliphatic hydroxyl groups excluding tert-OH is 1. The molecule has 28 heteroatoms. The van der Waals surface area contributed by atoms with Gasteiger partial charge in [0.15, 0.2) is 6.04 Å². The van der Waals surface area contributed by atoms with E-state index in [9.17, 15) is 58.5 Å². The van der Waals surface area contributed by atoms with Gasteiger partial charge < -0.3 is 78.9 Å². The maximum absolute atomic E-state index is 15.0. The maximum Gasteiger partial charge on any atom is 0.328 e. The molecule has 2 aliphatic rings. The second kappa shape index (κ2) is 37.5. The average molecular weight is 1410 g/mol.